The van der Waals surface area contributed by atoms with Gasteiger partial charge in [0.2, 0.25) is 0 Å². The summed E-state index contributed by atoms with van der Waals surface area (Å²) >= 11 is 1.97. The number of benzene rings is 1. The largest absolute Gasteiger partial charge is 0.379 e. The first kappa shape index (κ1) is 15.3. The standard InChI is InChI=1S/C17H26N2OS/c1-15-13-18(9-12-21-16-5-3-2-4-6-16)14-17(15)19-7-10-20-11-8-19/h2-6,15,17H,7-14H2,1H3. The van der Waals surface area contributed by atoms with Gasteiger partial charge in [-0.25, -0.2) is 0 Å². The van der Waals surface area contributed by atoms with E-state index in [-0.39, 0.29) is 0 Å². The number of ether oxygens (including phenoxy) is 1. The second kappa shape index (κ2) is 7.63. The first-order valence-electron chi connectivity index (χ1n) is 8.05. The lowest BCUT2D eigenvalue weighted by Crippen LogP contribution is -2.46. The zero-order chi connectivity index (χ0) is 14.5. The van der Waals surface area contributed by atoms with Crippen molar-refractivity contribution < 1.29 is 4.74 Å². The molecule has 116 valence electrons. The van der Waals surface area contributed by atoms with Crippen LogP contribution in [0.3, 0.4) is 0 Å². The van der Waals surface area contributed by atoms with Crippen LogP contribution < -0.4 is 0 Å². The molecule has 0 N–H and O–H groups in total. The van der Waals surface area contributed by atoms with E-state index < -0.39 is 0 Å². The van der Waals surface area contributed by atoms with Gasteiger partial charge in [0.15, 0.2) is 0 Å². The molecule has 21 heavy (non-hydrogen) atoms. The van der Waals surface area contributed by atoms with Crippen LogP contribution in [-0.2, 0) is 4.74 Å². The van der Waals surface area contributed by atoms with Crippen LogP contribution in [0.15, 0.2) is 35.2 Å². The van der Waals surface area contributed by atoms with E-state index in [1.807, 2.05) is 11.8 Å². The van der Waals surface area contributed by atoms with E-state index in [0.717, 1.165) is 38.3 Å². The van der Waals surface area contributed by atoms with Crippen molar-refractivity contribution >= 4 is 11.8 Å². The van der Waals surface area contributed by atoms with Gasteiger partial charge < -0.3 is 9.64 Å². The Balaban J connectivity index is 1.43. The number of thioether (sulfide) groups is 1. The topological polar surface area (TPSA) is 15.7 Å². The molecule has 0 saturated carbocycles. The SMILES string of the molecule is CC1CN(CCSc2ccccc2)CC1N1CCOCC1. The average molecular weight is 306 g/mol. The molecule has 1 aromatic carbocycles. The molecule has 2 aliphatic rings. The van der Waals surface area contributed by atoms with Crippen molar-refractivity contribution in [1.82, 2.24) is 9.80 Å². The molecule has 0 aromatic heterocycles. The van der Waals surface area contributed by atoms with E-state index in [9.17, 15) is 0 Å². The fraction of sp³-hybridized carbons (Fsp3) is 0.647. The van der Waals surface area contributed by atoms with Gasteiger partial charge in [0.1, 0.15) is 0 Å². The van der Waals surface area contributed by atoms with E-state index in [2.05, 4.69) is 47.1 Å². The van der Waals surface area contributed by atoms with E-state index in [1.54, 1.807) is 0 Å². The van der Waals surface area contributed by atoms with E-state index >= 15 is 0 Å². The molecular weight excluding hydrogens is 280 g/mol. The maximum Gasteiger partial charge on any atom is 0.0594 e. The van der Waals surface area contributed by atoms with Crippen LogP contribution in [0.25, 0.3) is 0 Å². The van der Waals surface area contributed by atoms with E-state index in [0.29, 0.717) is 0 Å². The van der Waals surface area contributed by atoms with Gasteiger partial charge in [0.05, 0.1) is 13.2 Å². The van der Waals surface area contributed by atoms with Crippen LogP contribution in [0.5, 0.6) is 0 Å². The highest BCUT2D eigenvalue weighted by Crippen LogP contribution is 2.24. The fourth-order valence-electron chi connectivity index (χ4n) is 3.42. The van der Waals surface area contributed by atoms with Gasteiger partial charge in [-0.15, -0.1) is 11.8 Å². The zero-order valence-corrected chi connectivity index (χ0v) is 13.7. The summed E-state index contributed by atoms with van der Waals surface area (Å²) in [4.78, 5) is 6.66. The molecule has 4 heteroatoms. The molecule has 0 radical (unpaired) electrons. The quantitative estimate of drug-likeness (QED) is 0.776. The van der Waals surface area contributed by atoms with Gasteiger partial charge in [0.25, 0.3) is 0 Å². The Morgan fingerprint density at radius 1 is 1.14 bits per heavy atom. The van der Waals surface area contributed by atoms with Crippen molar-refractivity contribution in [2.45, 2.75) is 17.9 Å². The minimum atomic E-state index is 0.732. The number of morpholine rings is 1. The molecule has 2 atom stereocenters. The lowest BCUT2D eigenvalue weighted by atomic mass is 10.0. The zero-order valence-electron chi connectivity index (χ0n) is 12.9. The van der Waals surface area contributed by atoms with Gasteiger partial charge >= 0.3 is 0 Å². The predicted octanol–water partition coefficient (Wildman–Crippen LogP) is 2.43. The highest BCUT2D eigenvalue weighted by Gasteiger charge is 2.34. The average Bonchev–Trinajstić information content (AvgIpc) is 2.90. The maximum absolute atomic E-state index is 5.48. The maximum atomic E-state index is 5.48. The van der Waals surface area contributed by atoms with Crippen molar-refractivity contribution in [1.29, 1.82) is 0 Å². The van der Waals surface area contributed by atoms with Crippen LogP contribution >= 0.6 is 11.8 Å². The first-order chi connectivity index (χ1) is 10.3. The third-order valence-electron chi connectivity index (χ3n) is 4.58. The molecule has 3 rings (SSSR count). The minimum absolute atomic E-state index is 0.732. The highest BCUT2D eigenvalue weighted by molar-refractivity contribution is 7.99. The lowest BCUT2D eigenvalue weighted by molar-refractivity contribution is 0.0119. The number of rotatable bonds is 5. The van der Waals surface area contributed by atoms with Crippen molar-refractivity contribution in [3.63, 3.8) is 0 Å². The Hall–Kier alpha value is -0.550. The molecule has 0 amide bonds. The van der Waals surface area contributed by atoms with Crippen LogP contribution in [0, 0.1) is 5.92 Å². The Morgan fingerprint density at radius 2 is 1.90 bits per heavy atom. The molecule has 2 heterocycles. The monoisotopic (exact) mass is 306 g/mol. The molecule has 0 bridgehead atoms. The Morgan fingerprint density at radius 3 is 2.67 bits per heavy atom. The van der Waals surface area contributed by atoms with Crippen molar-refractivity contribution in [2.24, 2.45) is 5.92 Å². The van der Waals surface area contributed by atoms with Gasteiger partial charge in [-0.1, -0.05) is 25.1 Å². The van der Waals surface area contributed by atoms with Gasteiger partial charge in [-0.3, -0.25) is 4.90 Å². The van der Waals surface area contributed by atoms with E-state index in [1.165, 1.54) is 30.3 Å². The van der Waals surface area contributed by atoms with Crippen LogP contribution in [0.1, 0.15) is 6.92 Å². The number of likely N-dealkylation sites (tertiary alicyclic amines) is 1. The molecule has 2 saturated heterocycles. The second-order valence-electron chi connectivity index (χ2n) is 6.11. The van der Waals surface area contributed by atoms with Crippen LogP contribution in [0.2, 0.25) is 0 Å². The highest BCUT2D eigenvalue weighted by atomic mass is 32.2. The minimum Gasteiger partial charge on any atom is -0.379 e. The Kier molecular flexibility index (Phi) is 5.58. The normalized spacial score (nSPS) is 28.0. The predicted molar refractivity (Wildman–Crippen MR) is 89.0 cm³/mol. The Labute approximate surface area is 132 Å². The second-order valence-corrected chi connectivity index (χ2v) is 7.28. The smallest absolute Gasteiger partial charge is 0.0594 e. The van der Waals surface area contributed by atoms with Gasteiger partial charge in [-0.2, -0.15) is 0 Å². The summed E-state index contributed by atoms with van der Waals surface area (Å²) in [6, 6.07) is 11.5. The summed E-state index contributed by atoms with van der Waals surface area (Å²) in [6.45, 7) is 10.1. The van der Waals surface area contributed by atoms with Gasteiger partial charge in [0, 0.05) is 49.4 Å². The molecule has 1 aromatic rings. The summed E-state index contributed by atoms with van der Waals surface area (Å²) < 4.78 is 5.48. The van der Waals surface area contributed by atoms with Crippen molar-refractivity contribution in [3.05, 3.63) is 30.3 Å². The number of nitrogens with zero attached hydrogens (tertiary/aromatic N) is 2. The summed E-state index contributed by atoms with van der Waals surface area (Å²) in [6.07, 6.45) is 0. The third kappa shape index (κ3) is 4.22. The molecule has 2 fully saturated rings. The van der Waals surface area contributed by atoms with Crippen molar-refractivity contribution in [3.8, 4) is 0 Å². The molecular formula is C17H26N2OS. The lowest BCUT2D eigenvalue weighted by Gasteiger charge is -2.34. The molecule has 2 aliphatic heterocycles. The number of hydrogen-bond donors (Lipinski definition) is 0. The number of hydrogen-bond acceptors (Lipinski definition) is 4. The fourth-order valence-corrected chi connectivity index (χ4v) is 4.36. The molecule has 3 nitrogen and oxygen atoms in total. The summed E-state index contributed by atoms with van der Waals surface area (Å²) in [7, 11) is 0. The Bertz CT molecular complexity index is 422. The molecule has 0 spiro atoms. The van der Waals surface area contributed by atoms with Gasteiger partial charge in [-0.05, 0) is 18.1 Å². The molecule has 0 aliphatic carbocycles. The van der Waals surface area contributed by atoms with Crippen LogP contribution in [0.4, 0.5) is 0 Å². The summed E-state index contributed by atoms with van der Waals surface area (Å²) in [5.41, 5.74) is 0. The summed E-state index contributed by atoms with van der Waals surface area (Å²) in [5, 5.41) is 0. The molecule has 2 unspecified atom stereocenters. The summed E-state index contributed by atoms with van der Waals surface area (Å²) in [5.74, 6) is 1.97. The third-order valence-corrected chi connectivity index (χ3v) is 5.57. The van der Waals surface area contributed by atoms with Crippen LogP contribution in [-0.4, -0.2) is 67.5 Å². The van der Waals surface area contributed by atoms with E-state index in [4.69, 9.17) is 4.74 Å². The first-order valence-corrected chi connectivity index (χ1v) is 9.03. The van der Waals surface area contributed by atoms with Crippen molar-refractivity contribution in [2.75, 3.05) is 51.7 Å².